The molecule has 0 radical (unpaired) electrons. The Morgan fingerprint density at radius 2 is 1.77 bits per heavy atom. The molecule has 0 aromatic heterocycles. The van der Waals surface area contributed by atoms with E-state index in [1.807, 2.05) is 0 Å². The van der Waals surface area contributed by atoms with E-state index in [9.17, 15) is 26.4 Å². The zero-order valence-electron chi connectivity index (χ0n) is 14.5. The quantitative estimate of drug-likeness (QED) is 0.833. The molecule has 0 spiro atoms. The van der Waals surface area contributed by atoms with Crippen LogP contribution in [0.15, 0.2) is 24.3 Å². The van der Waals surface area contributed by atoms with Crippen LogP contribution < -0.4 is 5.73 Å². The van der Waals surface area contributed by atoms with E-state index in [0.717, 1.165) is 24.0 Å². The van der Waals surface area contributed by atoms with Crippen molar-refractivity contribution in [1.29, 1.82) is 0 Å². The number of hydrogen-bond acceptors (Lipinski definition) is 4. The Morgan fingerprint density at radius 3 is 2.23 bits per heavy atom. The van der Waals surface area contributed by atoms with Gasteiger partial charge >= 0.3 is 6.18 Å². The van der Waals surface area contributed by atoms with Gasteiger partial charge in [-0.2, -0.15) is 13.2 Å². The van der Waals surface area contributed by atoms with Gasteiger partial charge in [-0.15, -0.1) is 0 Å². The molecule has 0 aliphatic carbocycles. The molecule has 0 bridgehead atoms. The van der Waals surface area contributed by atoms with Crippen LogP contribution in [0.4, 0.5) is 13.2 Å². The topological polar surface area (TPSA) is 80.5 Å². The summed E-state index contributed by atoms with van der Waals surface area (Å²) in [5.74, 6) is -0.324. The predicted molar refractivity (Wildman–Crippen MR) is 92.3 cm³/mol. The number of amides is 1. The van der Waals surface area contributed by atoms with Gasteiger partial charge in [0.15, 0.2) is 0 Å². The average molecular weight is 392 g/mol. The summed E-state index contributed by atoms with van der Waals surface area (Å²) >= 11 is 0. The highest BCUT2D eigenvalue weighted by Gasteiger charge is 2.31. The summed E-state index contributed by atoms with van der Waals surface area (Å²) in [7, 11) is -3.17. The number of benzene rings is 1. The third-order valence-electron chi connectivity index (χ3n) is 4.63. The minimum atomic E-state index is -4.35. The van der Waals surface area contributed by atoms with Crippen LogP contribution in [0, 0.1) is 0 Å². The summed E-state index contributed by atoms with van der Waals surface area (Å²) in [5, 5.41) is 0. The summed E-state index contributed by atoms with van der Waals surface area (Å²) in [6.07, 6.45) is -1.90. The summed E-state index contributed by atoms with van der Waals surface area (Å²) in [6, 6.07) is 4.28. The molecular weight excluding hydrogens is 369 g/mol. The van der Waals surface area contributed by atoms with Gasteiger partial charge in [-0.3, -0.25) is 4.79 Å². The zero-order chi connectivity index (χ0) is 19.5. The van der Waals surface area contributed by atoms with Crippen molar-refractivity contribution in [2.75, 3.05) is 25.1 Å². The number of carbonyl (C=O) groups is 1. The van der Waals surface area contributed by atoms with Crippen molar-refractivity contribution in [2.45, 2.75) is 37.4 Å². The molecule has 26 heavy (non-hydrogen) atoms. The lowest BCUT2D eigenvalue weighted by Gasteiger charge is -2.33. The molecule has 0 saturated carbocycles. The van der Waals surface area contributed by atoms with Crippen molar-refractivity contribution >= 4 is 15.7 Å². The maximum Gasteiger partial charge on any atom is 0.416 e. The van der Waals surface area contributed by atoms with Gasteiger partial charge < -0.3 is 10.6 Å². The first-order valence-corrected chi connectivity index (χ1v) is 10.4. The molecule has 2 rings (SSSR count). The molecule has 2 N–H and O–H groups in total. The number of carbonyl (C=O) groups excluding carboxylic acids is 1. The average Bonchev–Trinajstić information content (AvgIpc) is 2.58. The van der Waals surface area contributed by atoms with Gasteiger partial charge in [-0.05, 0) is 42.9 Å². The standard InChI is InChI=1S/C17H23F3N2O3S/c1-26(24,25)11-8-15(21)16(23)22-9-6-13(7-10-22)12-2-4-14(5-3-12)17(18,19)20/h2-5,13,15H,6-11,21H2,1H3. The summed E-state index contributed by atoms with van der Waals surface area (Å²) in [5.41, 5.74) is 5.95. The number of sulfone groups is 1. The minimum Gasteiger partial charge on any atom is -0.341 e. The fourth-order valence-electron chi connectivity index (χ4n) is 3.08. The largest absolute Gasteiger partial charge is 0.416 e. The molecule has 5 nitrogen and oxygen atoms in total. The van der Waals surface area contributed by atoms with Gasteiger partial charge in [-0.1, -0.05) is 12.1 Å². The summed E-state index contributed by atoms with van der Waals surface area (Å²) < 4.78 is 60.2. The molecule has 1 fully saturated rings. The second-order valence-corrected chi connectivity index (χ2v) is 9.00. The smallest absolute Gasteiger partial charge is 0.341 e. The number of nitrogens with zero attached hydrogens (tertiary/aromatic N) is 1. The number of likely N-dealkylation sites (tertiary alicyclic amines) is 1. The number of hydrogen-bond donors (Lipinski definition) is 1. The number of rotatable bonds is 5. The van der Waals surface area contributed by atoms with E-state index in [4.69, 9.17) is 5.73 Å². The third-order valence-corrected chi connectivity index (χ3v) is 5.61. The van der Waals surface area contributed by atoms with Crippen LogP contribution in [0.3, 0.4) is 0 Å². The Hall–Kier alpha value is -1.61. The van der Waals surface area contributed by atoms with Crippen LogP contribution >= 0.6 is 0 Å². The number of alkyl halides is 3. The zero-order valence-corrected chi connectivity index (χ0v) is 15.3. The van der Waals surface area contributed by atoms with Crippen LogP contribution in [0.1, 0.15) is 36.3 Å². The van der Waals surface area contributed by atoms with Crippen LogP contribution in [-0.2, 0) is 20.8 Å². The Morgan fingerprint density at radius 1 is 1.23 bits per heavy atom. The highest BCUT2D eigenvalue weighted by atomic mass is 32.2. The maximum atomic E-state index is 12.6. The van der Waals surface area contributed by atoms with Gasteiger partial charge in [0.1, 0.15) is 9.84 Å². The van der Waals surface area contributed by atoms with Crippen molar-refractivity contribution in [3.63, 3.8) is 0 Å². The Labute approximate surface area is 151 Å². The molecule has 1 aromatic rings. The molecule has 1 saturated heterocycles. The molecule has 1 aliphatic rings. The first-order valence-electron chi connectivity index (χ1n) is 8.36. The van der Waals surface area contributed by atoms with Gasteiger partial charge in [-0.25, -0.2) is 8.42 Å². The van der Waals surface area contributed by atoms with E-state index < -0.39 is 27.6 Å². The van der Waals surface area contributed by atoms with E-state index in [1.54, 1.807) is 4.90 Å². The second-order valence-electron chi connectivity index (χ2n) is 6.74. The molecule has 1 atom stereocenters. The Kier molecular flexibility index (Phi) is 6.33. The van der Waals surface area contributed by atoms with Crippen LogP contribution in [0.2, 0.25) is 0 Å². The Balaban J connectivity index is 1.89. The number of nitrogens with two attached hydrogens (primary N) is 1. The number of halogens is 3. The molecule has 9 heteroatoms. The monoisotopic (exact) mass is 392 g/mol. The van der Waals surface area contributed by atoms with E-state index >= 15 is 0 Å². The Bertz CT molecular complexity index is 725. The van der Waals surface area contributed by atoms with E-state index in [2.05, 4.69) is 0 Å². The minimum absolute atomic E-state index is 0.0799. The maximum absolute atomic E-state index is 12.6. The highest BCUT2D eigenvalue weighted by molar-refractivity contribution is 7.90. The molecule has 1 aliphatic heterocycles. The van der Waals surface area contributed by atoms with Gasteiger partial charge in [0.05, 0.1) is 17.4 Å². The number of piperidine rings is 1. The highest BCUT2D eigenvalue weighted by Crippen LogP contribution is 2.33. The predicted octanol–water partition coefficient (Wildman–Crippen LogP) is 2.17. The lowest BCUT2D eigenvalue weighted by Crippen LogP contribution is -2.47. The van der Waals surface area contributed by atoms with Gasteiger partial charge in [0.2, 0.25) is 5.91 Å². The van der Waals surface area contributed by atoms with Crippen molar-refractivity contribution in [1.82, 2.24) is 4.90 Å². The van der Waals surface area contributed by atoms with Crippen molar-refractivity contribution < 1.29 is 26.4 Å². The lowest BCUT2D eigenvalue weighted by molar-refractivity contribution is -0.137. The molecule has 1 unspecified atom stereocenters. The van der Waals surface area contributed by atoms with Crippen LogP contribution in [0.5, 0.6) is 0 Å². The van der Waals surface area contributed by atoms with Gasteiger partial charge in [0, 0.05) is 19.3 Å². The molecule has 1 aromatic carbocycles. The lowest BCUT2D eigenvalue weighted by atomic mass is 9.88. The SMILES string of the molecule is CS(=O)(=O)CCC(N)C(=O)N1CCC(c2ccc(C(F)(F)F)cc2)CC1. The molecule has 1 amide bonds. The summed E-state index contributed by atoms with van der Waals surface area (Å²) in [6.45, 7) is 0.911. The van der Waals surface area contributed by atoms with Crippen LogP contribution in [0.25, 0.3) is 0 Å². The first-order chi connectivity index (χ1) is 12.0. The summed E-state index contributed by atoms with van der Waals surface area (Å²) in [4.78, 5) is 13.9. The fraction of sp³-hybridized carbons (Fsp3) is 0.588. The van der Waals surface area contributed by atoms with Crippen LogP contribution in [-0.4, -0.2) is 50.4 Å². The third kappa shape index (κ3) is 5.70. The first kappa shape index (κ1) is 20.7. The molecule has 146 valence electrons. The molecule has 1 heterocycles. The van der Waals surface area contributed by atoms with Crippen molar-refractivity contribution in [3.8, 4) is 0 Å². The van der Waals surface area contributed by atoms with Crippen molar-refractivity contribution in [2.24, 2.45) is 5.73 Å². The van der Waals surface area contributed by atoms with E-state index in [1.165, 1.54) is 12.1 Å². The second kappa shape index (κ2) is 7.96. The van der Waals surface area contributed by atoms with Gasteiger partial charge in [0.25, 0.3) is 0 Å². The van der Waals surface area contributed by atoms with Crippen molar-refractivity contribution in [3.05, 3.63) is 35.4 Å². The van der Waals surface area contributed by atoms with E-state index in [-0.39, 0.29) is 24.0 Å². The normalized spacial score (nSPS) is 18.0. The fourth-order valence-corrected chi connectivity index (χ4v) is 3.76. The molecular formula is C17H23F3N2O3S. The van der Waals surface area contributed by atoms with E-state index in [0.29, 0.717) is 25.9 Å².